The normalized spacial score (nSPS) is 10.3. The van der Waals surface area contributed by atoms with Crippen LogP contribution in [0.2, 0.25) is 0 Å². The van der Waals surface area contributed by atoms with E-state index < -0.39 is 28.0 Å². The minimum Gasteiger partial charge on any atom is -0.328 e. The van der Waals surface area contributed by atoms with Crippen LogP contribution in [0.3, 0.4) is 0 Å². The zero-order valence-corrected chi connectivity index (χ0v) is 7.62. The number of hydrogen-bond donors (Lipinski definition) is 2. The molecule has 0 aromatic carbocycles. The van der Waals surface area contributed by atoms with E-state index in [9.17, 15) is 20.2 Å². The van der Waals surface area contributed by atoms with Gasteiger partial charge in [-0.05, 0) is 0 Å². The van der Waals surface area contributed by atoms with Gasteiger partial charge < -0.3 is 20.6 Å². The molecule has 3 N–H and O–H groups in total. The van der Waals surface area contributed by atoms with E-state index in [2.05, 4.69) is 9.68 Å². The van der Waals surface area contributed by atoms with Crippen molar-refractivity contribution in [1.82, 2.24) is 0 Å². The fourth-order valence-corrected chi connectivity index (χ4v) is 0.407. The summed E-state index contributed by atoms with van der Waals surface area (Å²) in [6.07, 6.45) is -1.11. The summed E-state index contributed by atoms with van der Waals surface area (Å²) >= 11 is 0. The number of hydrogen-bond acceptors (Lipinski definition) is 9. The Morgan fingerprint density at radius 3 is 1.88 bits per heavy atom. The smallest absolute Gasteiger partial charge is 0.294 e. The van der Waals surface area contributed by atoms with Crippen LogP contribution >= 0.6 is 0 Å². The third-order valence-electron chi connectivity index (χ3n) is 0.864. The minimum absolute atomic E-state index is 0.227. The Balaban J connectivity index is 0. The molecule has 94 valence electrons. The lowest BCUT2D eigenvalue weighted by Gasteiger charge is -2.09. The molecule has 0 heterocycles. The zero-order valence-electron chi connectivity index (χ0n) is 7.62. The van der Waals surface area contributed by atoms with Crippen LogP contribution in [0.5, 0.6) is 0 Å². The maximum Gasteiger partial charge on any atom is 0.294 e. The first kappa shape index (κ1) is 16.0. The topological polar surface area (TPSA) is 194 Å². The molecule has 0 aromatic heterocycles. The summed E-state index contributed by atoms with van der Waals surface area (Å²) in [5, 5.41) is 30.8. The highest BCUT2D eigenvalue weighted by Gasteiger charge is 2.12. The standard InChI is InChI=1S/C3H7N3O6.HNO3/c4-1-3(12-6(9)10)2-11-5(7)8;2-1(3)4/h3H,1-2,4H2;(H,2,3,4)/t3-;/m1./s1. The van der Waals surface area contributed by atoms with Crippen LogP contribution in [-0.2, 0) is 9.68 Å². The molecule has 0 aliphatic heterocycles. The van der Waals surface area contributed by atoms with Crippen LogP contribution in [-0.4, -0.2) is 39.7 Å². The van der Waals surface area contributed by atoms with Gasteiger partial charge in [0.05, 0.1) is 0 Å². The van der Waals surface area contributed by atoms with Crippen molar-refractivity contribution in [3.8, 4) is 0 Å². The molecule has 0 saturated heterocycles. The quantitative estimate of drug-likeness (QED) is 0.404. The third-order valence-corrected chi connectivity index (χ3v) is 0.864. The molecule has 0 bridgehead atoms. The van der Waals surface area contributed by atoms with Crippen LogP contribution in [0.1, 0.15) is 0 Å². The molecule has 0 aromatic rings. The molecule has 0 aliphatic carbocycles. The van der Waals surface area contributed by atoms with Crippen LogP contribution < -0.4 is 5.73 Å². The van der Waals surface area contributed by atoms with E-state index >= 15 is 0 Å². The molecule has 0 amide bonds. The van der Waals surface area contributed by atoms with E-state index in [-0.39, 0.29) is 6.54 Å². The summed E-state index contributed by atoms with van der Waals surface area (Å²) in [6.45, 7) is -0.778. The molecule has 13 nitrogen and oxygen atoms in total. The van der Waals surface area contributed by atoms with Gasteiger partial charge in [0, 0.05) is 6.54 Å². The first-order chi connectivity index (χ1) is 7.29. The Kier molecular flexibility index (Phi) is 9.13. The Morgan fingerprint density at radius 1 is 1.19 bits per heavy atom. The van der Waals surface area contributed by atoms with Gasteiger partial charge in [-0.15, -0.1) is 30.3 Å². The largest absolute Gasteiger partial charge is 0.328 e. The van der Waals surface area contributed by atoms with Gasteiger partial charge in [-0.3, -0.25) is 0 Å². The number of rotatable bonds is 6. The number of nitrogens with two attached hydrogens (primary N) is 1. The van der Waals surface area contributed by atoms with Crippen molar-refractivity contribution >= 4 is 0 Å². The maximum atomic E-state index is 9.72. The first-order valence-electron chi connectivity index (χ1n) is 3.41. The molecule has 16 heavy (non-hydrogen) atoms. The average molecular weight is 244 g/mol. The monoisotopic (exact) mass is 244 g/mol. The van der Waals surface area contributed by atoms with Crippen molar-refractivity contribution in [3.05, 3.63) is 30.3 Å². The summed E-state index contributed by atoms with van der Waals surface area (Å²) in [6, 6.07) is 0. The molecule has 0 radical (unpaired) electrons. The van der Waals surface area contributed by atoms with E-state index in [1.807, 2.05) is 0 Å². The highest BCUT2D eigenvalue weighted by molar-refractivity contribution is 4.52. The summed E-state index contributed by atoms with van der Waals surface area (Å²) < 4.78 is 0. The van der Waals surface area contributed by atoms with Gasteiger partial charge >= 0.3 is 0 Å². The highest BCUT2D eigenvalue weighted by atomic mass is 17.0. The maximum absolute atomic E-state index is 9.72. The predicted octanol–water partition coefficient (Wildman–Crippen LogP) is -1.62. The summed E-state index contributed by atoms with van der Waals surface area (Å²) in [5.74, 6) is 0. The second-order valence-electron chi connectivity index (χ2n) is 1.94. The highest BCUT2D eigenvalue weighted by Crippen LogP contribution is 1.91. The van der Waals surface area contributed by atoms with Crippen LogP contribution in [0.15, 0.2) is 0 Å². The van der Waals surface area contributed by atoms with Crippen molar-refractivity contribution in [2.75, 3.05) is 13.2 Å². The van der Waals surface area contributed by atoms with Gasteiger partial charge in [-0.25, -0.2) is 0 Å². The lowest BCUT2D eigenvalue weighted by molar-refractivity contribution is -0.789. The summed E-state index contributed by atoms with van der Waals surface area (Å²) in [7, 11) is 0. The van der Waals surface area contributed by atoms with Gasteiger partial charge in [-0.2, -0.15) is 0 Å². The summed E-state index contributed by atoms with van der Waals surface area (Å²) in [4.78, 5) is 35.4. The fourth-order valence-electron chi connectivity index (χ4n) is 0.407. The Morgan fingerprint density at radius 2 is 1.62 bits per heavy atom. The lowest BCUT2D eigenvalue weighted by atomic mass is 10.4. The van der Waals surface area contributed by atoms with Gasteiger partial charge in [0.1, 0.15) is 12.7 Å². The molecule has 13 heteroatoms. The van der Waals surface area contributed by atoms with E-state index in [1.165, 1.54) is 0 Å². The Bertz CT molecular complexity index is 239. The molecule has 1 atom stereocenters. The molecule has 0 aliphatic rings. The SMILES string of the molecule is NC[C@H](CO[N+](=O)[O-])O[N+](=O)[O-].O=[N+]([O-])O. The Hall–Kier alpha value is -2.44. The lowest BCUT2D eigenvalue weighted by Crippen LogP contribution is -2.31. The van der Waals surface area contributed by atoms with E-state index in [4.69, 9.17) is 21.1 Å². The molecular formula is C3H8N4O9. The van der Waals surface area contributed by atoms with E-state index in [1.54, 1.807) is 0 Å². The second-order valence-corrected chi connectivity index (χ2v) is 1.94. The van der Waals surface area contributed by atoms with Crippen LogP contribution in [0, 0.1) is 30.3 Å². The first-order valence-corrected chi connectivity index (χ1v) is 3.41. The third kappa shape index (κ3) is 17.6. The molecular weight excluding hydrogens is 236 g/mol. The molecule has 0 fully saturated rings. The van der Waals surface area contributed by atoms with Crippen molar-refractivity contribution in [2.24, 2.45) is 5.73 Å². The van der Waals surface area contributed by atoms with Crippen molar-refractivity contribution in [2.45, 2.75) is 6.10 Å². The molecule has 0 spiro atoms. The van der Waals surface area contributed by atoms with Crippen molar-refractivity contribution < 1.29 is 30.1 Å². The zero-order chi connectivity index (χ0) is 13.1. The molecule has 0 unspecified atom stereocenters. The van der Waals surface area contributed by atoms with Crippen molar-refractivity contribution in [1.29, 1.82) is 0 Å². The summed E-state index contributed by atoms with van der Waals surface area (Å²) in [5.41, 5.74) is 4.98. The van der Waals surface area contributed by atoms with Gasteiger partial charge in [-0.1, -0.05) is 0 Å². The Labute approximate surface area is 86.7 Å². The molecule has 0 saturated carbocycles. The molecule has 0 rings (SSSR count). The average Bonchev–Trinajstić information content (AvgIpc) is 2.10. The fraction of sp³-hybridized carbons (Fsp3) is 1.00. The predicted molar refractivity (Wildman–Crippen MR) is 42.6 cm³/mol. The minimum atomic E-state index is -1.50. The van der Waals surface area contributed by atoms with E-state index in [0.29, 0.717) is 0 Å². The second kappa shape index (κ2) is 9.13. The van der Waals surface area contributed by atoms with Gasteiger partial charge in [0.15, 0.2) is 0 Å². The van der Waals surface area contributed by atoms with E-state index in [0.717, 1.165) is 0 Å². The van der Waals surface area contributed by atoms with Gasteiger partial charge in [0.25, 0.3) is 15.3 Å². The van der Waals surface area contributed by atoms with Crippen LogP contribution in [0.25, 0.3) is 0 Å². The number of nitrogens with zero attached hydrogens (tertiary/aromatic N) is 3. The van der Waals surface area contributed by atoms with Crippen LogP contribution in [0.4, 0.5) is 0 Å². The van der Waals surface area contributed by atoms with Crippen molar-refractivity contribution in [3.63, 3.8) is 0 Å². The van der Waals surface area contributed by atoms with Gasteiger partial charge in [0.2, 0.25) is 0 Å².